The first-order valence-electron chi connectivity index (χ1n) is 6.89. The predicted octanol–water partition coefficient (Wildman–Crippen LogP) is 7.53. The highest BCUT2D eigenvalue weighted by Gasteiger charge is 2.14. The summed E-state index contributed by atoms with van der Waals surface area (Å²) in [5.41, 5.74) is 3.14. The van der Waals surface area contributed by atoms with E-state index in [1.54, 1.807) is 11.1 Å². The molecule has 0 spiro atoms. The van der Waals surface area contributed by atoms with Gasteiger partial charge in [0.15, 0.2) is 0 Å². The van der Waals surface area contributed by atoms with E-state index < -0.39 is 0 Å². The molecule has 108 valence electrons. The third-order valence-electron chi connectivity index (χ3n) is 3.11. The second kappa shape index (κ2) is 8.29. The molecule has 0 aromatic carbocycles. The molecule has 2 heterocycles. The average molecular weight is 528 g/mol. The molecule has 2 rings (SSSR count). The fourth-order valence-corrected chi connectivity index (χ4v) is 5.74. The van der Waals surface area contributed by atoms with Crippen molar-refractivity contribution in [2.75, 3.05) is 0 Å². The highest BCUT2D eigenvalue weighted by atomic mass is 127. The van der Waals surface area contributed by atoms with Gasteiger partial charge in [0.2, 0.25) is 0 Å². The fourth-order valence-electron chi connectivity index (χ4n) is 2.30. The van der Waals surface area contributed by atoms with Gasteiger partial charge in [0.1, 0.15) is 0 Å². The maximum Gasteiger partial charge on any atom is 0.0659 e. The molecular formula is C16H18I2S2. The van der Waals surface area contributed by atoms with Gasteiger partial charge in [0.05, 0.1) is 5.77 Å². The Hall–Kier alpha value is 0.600. The zero-order valence-corrected chi connectivity index (χ0v) is 17.7. The van der Waals surface area contributed by atoms with Crippen molar-refractivity contribution in [3.8, 4) is 0 Å². The van der Waals surface area contributed by atoms with Crippen LogP contribution in [0.15, 0.2) is 24.3 Å². The Bertz CT molecular complexity index is 541. The van der Waals surface area contributed by atoms with Gasteiger partial charge >= 0.3 is 0 Å². The maximum absolute atomic E-state index is 2.42. The molecule has 0 aliphatic heterocycles. The van der Waals surface area contributed by atoms with Gasteiger partial charge in [-0.15, -0.1) is 22.7 Å². The van der Waals surface area contributed by atoms with Crippen LogP contribution in [0.25, 0.3) is 11.1 Å². The fraction of sp³-hybridized carbons (Fsp3) is 0.375. The topological polar surface area (TPSA) is 0 Å². The third kappa shape index (κ3) is 4.30. The molecule has 0 radical (unpaired) electrons. The van der Waals surface area contributed by atoms with Crippen molar-refractivity contribution < 1.29 is 0 Å². The molecule has 0 saturated heterocycles. The van der Waals surface area contributed by atoms with E-state index in [0.717, 1.165) is 0 Å². The smallest absolute Gasteiger partial charge is 0.0659 e. The van der Waals surface area contributed by atoms with Crippen LogP contribution >= 0.6 is 67.9 Å². The molecule has 0 aliphatic rings. The predicted molar refractivity (Wildman–Crippen MR) is 111 cm³/mol. The molecule has 0 bridgehead atoms. The first-order valence-corrected chi connectivity index (χ1v) is 10.7. The van der Waals surface area contributed by atoms with Crippen LogP contribution in [0.5, 0.6) is 0 Å². The summed E-state index contributed by atoms with van der Waals surface area (Å²) in [6.45, 7) is 4.56. The molecule has 0 amide bonds. The minimum Gasteiger partial charge on any atom is -0.130 e. The van der Waals surface area contributed by atoms with Crippen LogP contribution in [-0.4, -0.2) is 0 Å². The highest BCUT2D eigenvalue weighted by molar-refractivity contribution is 14.1. The second-order valence-corrected chi connectivity index (χ2v) is 10.6. The van der Waals surface area contributed by atoms with Crippen molar-refractivity contribution in [3.63, 3.8) is 0 Å². The molecule has 0 saturated carbocycles. The van der Waals surface area contributed by atoms with Crippen molar-refractivity contribution in [1.29, 1.82) is 0 Å². The molecule has 2 aromatic heterocycles. The van der Waals surface area contributed by atoms with Crippen molar-refractivity contribution >= 4 is 79.0 Å². The van der Waals surface area contributed by atoms with E-state index in [0.29, 0.717) is 0 Å². The number of allylic oxidation sites excluding steroid dienone is 2. The average Bonchev–Trinajstić information content (AvgIpc) is 3.03. The summed E-state index contributed by atoms with van der Waals surface area (Å²) in [5, 5.41) is 0. The van der Waals surface area contributed by atoms with E-state index in [4.69, 9.17) is 0 Å². The number of halogens is 2. The van der Waals surface area contributed by atoms with E-state index in [1.807, 2.05) is 22.7 Å². The van der Waals surface area contributed by atoms with Gasteiger partial charge < -0.3 is 0 Å². The van der Waals surface area contributed by atoms with Crippen LogP contribution in [0.2, 0.25) is 0 Å². The third-order valence-corrected chi connectivity index (χ3v) is 7.01. The Balaban J connectivity index is 2.52. The van der Waals surface area contributed by atoms with Crippen molar-refractivity contribution in [2.24, 2.45) is 0 Å². The quantitative estimate of drug-likeness (QED) is 0.340. The molecule has 0 atom stereocenters. The Labute approximate surface area is 157 Å². The summed E-state index contributed by atoms with van der Waals surface area (Å²) in [4.78, 5) is 2.92. The Morgan fingerprint density at radius 1 is 0.800 bits per heavy atom. The van der Waals surface area contributed by atoms with Gasteiger partial charge in [0.25, 0.3) is 0 Å². The number of rotatable bonds is 6. The van der Waals surface area contributed by atoms with Crippen molar-refractivity contribution in [3.05, 3.63) is 39.8 Å². The van der Waals surface area contributed by atoms with Gasteiger partial charge in [-0.1, -0.05) is 26.7 Å². The second-order valence-electron chi connectivity index (χ2n) is 4.66. The van der Waals surface area contributed by atoms with E-state index in [2.05, 4.69) is 83.3 Å². The minimum atomic E-state index is 1.18. The summed E-state index contributed by atoms with van der Waals surface area (Å²) < 4.78 is 2.76. The van der Waals surface area contributed by atoms with E-state index in [9.17, 15) is 0 Å². The molecule has 2 aromatic rings. The molecule has 4 heteroatoms. The summed E-state index contributed by atoms with van der Waals surface area (Å²) in [7, 11) is 0. The Morgan fingerprint density at radius 2 is 1.20 bits per heavy atom. The zero-order chi connectivity index (χ0) is 14.5. The number of thiophene rings is 2. The van der Waals surface area contributed by atoms with Crippen LogP contribution in [0.4, 0.5) is 0 Å². The van der Waals surface area contributed by atoms with E-state index in [-0.39, 0.29) is 0 Å². The van der Waals surface area contributed by atoms with Crippen molar-refractivity contribution in [1.82, 2.24) is 0 Å². The van der Waals surface area contributed by atoms with Gasteiger partial charge in [-0.3, -0.25) is 0 Å². The molecule has 0 nitrogen and oxygen atoms in total. The number of hydrogen-bond donors (Lipinski definition) is 0. The SMILES string of the molecule is CCC/C(=C(\CCC)c1ccc(I)s1)c1ccc(I)s1. The standard InChI is InChI=1S/C16H18I2S2/c1-3-5-11(13-7-9-15(17)19-13)12(6-4-2)14-8-10-16(18)20-14/h7-10H,3-6H2,1-2H3/b12-11-. The lowest BCUT2D eigenvalue weighted by Crippen LogP contribution is -1.89. The van der Waals surface area contributed by atoms with Crippen LogP contribution in [0.3, 0.4) is 0 Å². The summed E-state index contributed by atoms with van der Waals surface area (Å²) in [5.74, 6) is 0. The summed E-state index contributed by atoms with van der Waals surface area (Å²) in [6, 6.07) is 9.06. The Morgan fingerprint density at radius 3 is 1.45 bits per heavy atom. The molecule has 0 unspecified atom stereocenters. The molecule has 0 fully saturated rings. The van der Waals surface area contributed by atoms with Crippen LogP contribution in [0, 0.1) is 5.77 Å². The molecule has 20 heavy (non-hydrogen) atoms. The lowest BCUT2D eigenvalue weighted by Gasteiger charge is -2.12. The van der Waals surface area contributed by atoms with Crippen LogP contribution in [0.1, 0.15) is 49.3 Å². The molecular weight excluding hydrogens is 510 g/mol. The Kier molecular flexibility index (Phi) is 7.03. The van der Waals surface area contributed by atoms with Gasteiger partial charge in [-0.2, -0.15) is 0 Å². The zero-order valence-electron chi connectivity index (χ0n) is 11.7. The molecule has 0 N–H and O–H groups in total. The first-order chi connectivity index (χ1) is 9.65. The van der Waals surface area contributed by atoms with Crippen molar-refractivity contribution in [2.45, 2.75) is 39.5 Å². The summed E-state index contributed by atoms with van der Waals surface area (Å²) >= 11 is 8.69. The van der Waals surface area contributed by atoms with Gasteiger partial charge in [-0.25, -0.2) is 0 Å². The van der Waals surface area contributed by atoms with Gasteiger partial charge in [-0.05, 0) is 93.4 Å². The molecule has 0 aliphatic carbocycles. The summed E-state index contributed by atoms with van der Waals surface area (Å²) in [6.07, 6.45) is 4.78. The highest BCUT2D eigenvalue weighted by Crippen LogP contribution is 2.39. The lowest BCUT2D eigenvalue weighted by molar-refractivity contribution is 0.949. The van der Waals surface area contributed by atoms with Gasteiger partial charge in [0, 0.05) is 9.75 Å². The van der Waals surface area contributed by atoms with Crippen LogP contribution < -0.4 is 0 Å². The van der Waals surface area contributed by atoms with E-state index >= 15 is 0 Å². The number of hydrogen-bond acceptors (Lipinski definition) is 2. The monoisotopic (exact) mass is 528 g/mol. The largest absolute Gasteiger partial charge is 0.130 e. The van der Waals surface area contributed by atoms with E-state index in [1.165, 1.54) is 41.2 Å². The van der Waals surface area contributed by atoms with Crippen LogP contribution in [-0.2, 0) is 0 Å². The normalized spacial score (nSPS) is 12.6. The first kappa shape index (κ1) is 17.0. The lowest BCUT2D eigenvalue weighted by atomic mass is 9.97. The minimum absolute atomic E-state index is 1.18. The maximum atomic E-state index is 2.42.